The minimum Gasteiger partial charge on any atom is -0.330 e. The fourth-order valence-corrected chi connectivity index (χ4v) is 3.37. The Morgan fingerprint density at radius 3 is 2.55 bits per heavy atom. The van der Waals surface area contributed by atoms with Crippen molar-refractivity contribution in [2.45, 2.75) is 11.3 Å². The Morgan fingerprint density at radius 2 is 2.00 bits per heavy atom. The zero-order valence-electron chi connectivity index (χ0n) is 11.3. The van der Waals surface area contributed by atoms with E-state index in [0.717, 1.165) is 0 Å². The molecule has 0 radical (unpaired) electrons. The number of para-hydroxylation sites is 1. The van der Waals surface area contributed by atoms with Crippen molar-refractivity contribution < 1.29 is 8.42 Å². The van der Waals surface area contributed by atoms with Crippen LogP contribution in [0.1, 0.15) is 6.42 Å². The zero-order chi connectivity index (χ0) is 14.6. The summed E-state index contributed by atoms with van der Waals surface area (Å²) in [7, 11) is -1.92. The molecule has 6 nitrogen and oxygen atoms in total. The van der Waals surface area contributed by atoms with Gasteiger partial charge in [-0.15, -0.1) is 0 Å². The second-order valence-corrected chi connectivity index (χ2v) is 6.27. The van der Waals surface area contributed by atoms with Gasteiger partial charge in [-0.05, 0) is 25.1 Å². The van der Waals surface area contributed by atoms with Crippen LogP contribution in [0.25, 0.3) is 0 Å². The first-order valence-corrected chi connectivity index (χ1v) is 7.76. The van der Waals surface area contributed by atoms with Crippen molar-refractivity contribution in [3.8, 4) is 0 Å². The first-order valence-electron chi connectivity index (χ1n) is 6.32. The summed E-state index contributed by atoms with van der Waals surface area (Å²) in [4.78, 5) is 0.181. The van der Waals surface area contributed by atoms with E-state index in [0.29, 0.717) is 25.2 Å². The minimum atomic E-state index is -3.61. The van der Waals surface area contributed by atoms with Crippen molar-refractivity contribution in [2.24, 2.45) is 12.8 Å². The summed E-state index contributed by atoms with van der Waals surface area (Å²) in [6, 6.07) is 9.00. The molecule has 0 spiro atoms. The Hall–Kier alpha value is -1.86. The Balaban J connectivity index is 2.40. The molecule has 1 aromatic carbocycles. The van der Waals surface area contributed by atoms with Gasteiger partial charge in [0.2, 0.25) is 0 Å². The second-order valence-electron chi connectivity index (χ2n) is 4.40. The molecule has 1 heterocycles. The highest BCUT2D eigenvalue weighted by atomic mass is 32.2. The molecule has 0 unspecified atom stereocenters. The van der Waals surface area contributed by atoms with Gasteiger partial charge in [-0.3, -0.25) is 8.99 Å². The van der Waals surface area contributed by atoms with Gasteiger partial charge in [-0.25, -0.2) is 8.42 Å². The van der Waals surface area contributed by atoms with E-state index in [1.807, 2.05) is 18.2 Å². The average Bonchev–Trinajstić information content (AvgIpc) is 2.88. The van der Waals surface area contributed by atoms with Crippen molar-refractivity contribution in [3.05, 3.63) is 42.7 Å². The highest BCUT2D eigenvalue weighted by Crippen LogP contribution is 2.23. The SMILES string of the molecule is Cn1cc(S(=O)(=O)N(CCCN)c2ccccc2)cn1. The van der Waals surface area contributed by atoms with Gasteiger partial charge in [0.05, 0.1) is 11.9 Å². The van der Waals surface area contributed by atoms with Gasteiger partial charge in [-0.1, -0.05) is 18.2 Å². The summed E-state index contributed by atoms with van der Waals surface area (Å²) in [5, 5.41) is 3.93. The molecule has 7 heteroatoms. The quantitative estimate of drug-likeness (QED) is 0.860. The predicted octanol–water partition coefficient (Wildman–Crippen LogP) is 0.964. The molecule has 0 aliphatic heterocycles. The lowest BCUT2D eigenvalue weighted by molar-refractivity contribution is 0.589. The van der Waals surface area contributed by atoms with E-state index in [2.05, 4.69) is 5.10 Å². The minimum absolute atomic E-state index is 0.181. The van der Waals surface area contributed by atoms with Gasteiger partial charge < -0.3 is 5.73 Å². The number of aromatic nitrogens is 2. The number of hydrogen-bond donors (Lipinski definition) is 1. The standard InChI is InChI=1S/C13H18N4O2S/c1-16-11-13(10-15-16)20(18,19)17(9-5-8-14)12-6-3-2-4-7-12/h2-4,6-7,10-11H,5,8-9,14H2,1H3. The second kappa shape index (κ2) is 6.06. The first kappa shape index (κ1) is 14.5. The molecule has 2 aromatic rings. The normalized spacial score (nSPS) is 11.5. The molecule has 0 fully saturated rings. The van der Waals surface area contributed by atoms with E-state index in [1.165, 1.54) is 21.4 Å². The molecule has 0 amide bonds. The molecule has 1 aromatic heterocycles. The number of nitrogens with two attached hydrogens (primary N) is 1. The maximum atomic E-state index is 12.7. The number of hydrogen-bond acceptors (Lipinski definition) is 4. The van der Waals surface area contributed by atoms with Crippen LogP contribution in [0.15, 0.2) is 47.6 Å². The summed E-state index contributed by atoms with van der Waals surface area (Å²) in [6.07, 6.45) is 3.44. The van der Waals surface area contributed by atoms with Crippen molar-refractivity contribution in [2.75, 3.05) is 17.4 Å². The summed E-state index contributed by atoms with van der Waals surface area (Å²) in [5.41, 5.74) is 6.13. The van der Waals surface area contributed by atoms with Crippen LogP contribution < -0.4 is 10.0 Å². The van der Waals surface area contributed by atoms with Crippen LogP contribution in [0.3, 0.4) is 0 Å². The van der Waals surface area contributed by atoms with E-state index in [-0.39, 0.29) is 4.90 Å². The summed E-state index contributed by atoms with van der Waals surface area (Å²) < 4.78 is 28.2. The molecule has 0 saturated heterocycles. The Bertz CT molecular complexity index is 652. The summed E-state index contributed by atoms with van der Waals surface area (Å²) >= 11 is 0. The molecule has 0 aliphatic rings. The van der Waals surface area contributed by atoms with Crippen molar-refractivity contribution in [3.63, 3.8) is 0 Å². The highest BCUT2D eigenvalue weighted by molar-refractivity contribution is 7.92. The van der Waals surface area contributed by atoms with Gasteiger partial charge in [0.1, 0.15) is 4.90 Å². The fraction of sp³-hybridized carbons (Fsp3) is 0.308. The zero-order valence-corrected chi connectivity index (χ0v) is 12.1. The summed E-state index contributed by atoms with van der Waals surface area (Å²) in [5.74, 6) is 0. The molecule has 2 rings (SSSR count). The fourth-order valence-electron chi connectivity index (χ4n) is 1.88. The number of nitrogens with zero attached hydrogens (tertiary/aromatic N) is 3. The van der Waals surface area contributed by atoms with Crippen LogP contribution >= 0.6 is 0 Å². The third-order valence-corrected chi connectivity index (χ3v) is 4.66. The molecular formula is C13H18N4O2S. The van der Waals surface area contributed by atoms with Gasteiger partial charge in [-0.2, -0.15) is 5.10 Å². The van der Waals surface area contributed by atoms with Gasteiger partial charge in [0.25, 0.3) is 10.0 Å². The maximum Gasteiger partial charge on any atom is 0.267 e. The van der Waals surface area contributed by atoms with E-state index >= 15 is 0 Å². The number of anilines is 1. The van der Waals surface area contributed by atoms with E-state index < -0.39 is 10.0 Å². The molecule has 0 aliphatic carbocycles. The number of rotatable bonds is 6. The van der Waals surface area contributed by atoms with Crippen LogP contribution in [0.4, 0.5) is 5.69 Å². The highest BCUT2D eigenvalue weighted by Gasteiger charge is 2.25. The van der Waals surface area contributed by atoms with Gasteiger partial charge in [0.15, 0.2) is 0 Å². The smallest absolute Gasteiger partial charge is 0.267 e. The summed E-state index contributed by atoms with van der Waals surface area (Å²) in [6.45, 7) is 0.781. The monoisotopic (exact) mass is 294 g/mol. The predicted molar refractivity (Wildman–Crippen MR) is 77.9 cm³/mol. The van der Waals surface area contributed by atoms with Crippen LogP contribution in [0.5, 0.6) is 0 Å². The number of sulfonamides is 1. The molecule has 20 heavy (non-hydrogen) atoms. The molecule has 2 N–H and O–H groups in total. The third-order valence-electron chi connectivity index (χ3n) is 2.88. The number of benzene rings is 1. The topological polar surface area (TPSA) is 81.2 Å². The first-order chi connectivity index (χ1) is 9.55. The molecular weight excluding hydrogens is 276 g/mol. The molecule has 108 valence electrons. The van der Waals surface area contributed by atoms with Crippen molar-refractivity contribution in [1.82, 2.24) is 9.78 Å². The number of aryl methyl sites for hydroxylation is 1. The van der Waals surface area contributed by atoms with Crippen LogP contribution in [-0.2, 0) is 17.1 Å². The lowest BCUT2D eigenvalue weighted by atomic mass is 10.3. The van der Waals surface area contributed by atoms with Crippen molar-refractivity contribution in [1.29, 1.82) is 0 Å². The Labute approximate surface area is 118 Å². The van der Waals surface area contributed by atoms with Crippen LogP contribution in [0.2, 0.25) is 0 Å². The van der Waals surface area contributed by atoms with E-state index in [1.54, 1.807) is 19.2 Å². The lowest BCUT2D eigenvalue weighted by Crippen LogP contribution is -2.32. The largest absolute Gasteiger partial charge is 0.330 e. The third kappa shape index (κ3) is 3.00. The lowest BCUT2D eigenvalue weighted by Gasteiger charge is -2.23. The van der Waals surface area contributed by atoms with E-state index in [4.69, 9.17) is 5.73 Å². The average molecular weight is 294 g/mol. The van der Waals surface area contributed by atoms with Crippen LogP contribution in [0, 0.1) is 0 Å². The maximum absolute atomic E-state index is 12.7. The molecule has 0 atom stereocenters. The Kier molecular flexibility index (Phi) is 4.41. The van der Waals surface area contributed by atoms with Crippen LogP contribution in [-0.4, -0.2) is 31.3 Å². The van der Waals surface area contributed by atoms with Crippen molar-refractivity contribution >= 4 is 15.7 Å². The molecule has 0 bridgehead atoms. The molecule has 0 saturated carbocycles. The Morgan fingerprint density at radius 1 is 1.30 bits per heavy atom. The van der Waals surface area contributed by atoms with E-state index in [9.17, 15) is 8.42 Å². The van der Waals surface area contributed by atoms with Gasteiger partial charge in [0, 0.05) is 19.8 Å². The van der Waals surface area contributed by atoms with Gasteiger partial charge >= 0.3 is 0 Å².